The molecule has 1 aliphatic carbocycles. The molecule has 0 radical (unpaired) electrons. The predicted molar refractivity (Wildman–Crippen MR) is 87.8 cm³/mol. The number of benzene rings is 2. The fourth-order valence-corrected chi connectivity index (χ4v) is 3.14. The maximum absolute atomic E-state index is 2.36. The number of rotatable bonds is 4. The molecule has 0 bridgehead atoms. The van der Waals surface area contributed by atoms with E-state index in [4.69, 9.17) is 0 Å². The average Bonchev–Trinajstić information content (AvgIpc) is 2.85. The molecule has 0 unspecified atom stereocenters. The summed E-state index contributed by atoms with van der Waals surface area (Å²) in [5.74, 6) is 0. The summed E-state index contributed by atoms with van der Waals surface area (Å²) in [7, 11) is 0. The van der Waals surface area contributed by atoms with E-state index in [9.17, 15) is 0 Å². The van der Waals surface area contributed by atoms with Crippen LogP contribution in [0.2, 0.25) is 0 Å². The molecule has 0 amide bonds. The van der Waals surface area contributed by atoms with E-state index in [1.807, 2.05) is 0 Å². The van der Waals surface area contributed by atoms with Gasteiger partial charge in [-0.05, 0) is 54.0 Å². The van der Waals surface area contributed by atoms with Crippen molar-refractivity contribution in [1.29, 1.82) is 0 Å². The maximum atomic E-state index is 2.36. The second kappa shape index (κ2) is 5.66. The van der Waals surface area contributed by atoms with Crippen LogP contribution in [0.4, 0.5) is 0 Å². The first-order valence-electron chi connectivity index (χ1n) is 7.67. The molecule has 3 rings (SSSR count). The van der Waals surface area contributed by atoms with Crippen LogP contribution in [-0.4, -0.2) is 0 Å². The lowest BCUT2D eigenvalue weighted by molar-refractivity contribution is 0.796. The molecule has 102 valence electrons. The number of aryl methyl sites for hydroxylation is 1. The van der Waals surface area contributed by atoms with Gasteiger partial charge in [0, 0.05) is 0 Å². The monoisotopic (exact) mass is 262 g/mol. The first kappa shape index (κ1) is 13.2. The molecule has 0 aliphatic heterocycles. The Labute approximate surface area is 122 Å². The zero-order valence-electron chi connectivity index (χ0n) is 12.4. The normalized spacial score (nSPS) is 13.2. The highest BCUT2D eigenvalue weighted by molar-refractivity contribution is 5.82. The summed E-state index contributed by atoms with van der Waals surface area (Å²) in [6.45, 7) is 4.49. The first-order valence-corrected chi connectivity index (χ1v) is 7.67. The standard InChI is InChI=1S/C20H22/c1-3-4-8-16-9-5-6-11-18(16)19-12-7-10-17-13-15(2)14-20(17)19/h5-7,9-12,14H,3-4,8,13H2,1-2H3. The van der Waals surface area contributed by atoms with Crippen molar-refractivity contribution < 1.29 is 0 Å². The Bertz CT molecular complexity index is 647. The van der Waals surface area contributed by atoms with Gasteiger partial charge in [-0.25, -0.2) is 0 Å². The van der Waals surface area contributed by atoms with Gasteiger partial charge in [0.15, 0.2) is 0 Å². The van der Waals surface area contributed by atoms with Crippen LogP contribution in [0.15, 0.2) is 48.0 Å². The highest BCUT2D eigenvalue weighted by Gasteiger charge is 2.15. The molecule has 0 heteroatoms. The topological polar surface area (TPSA) is 0 Å². The number of fused-ring (bicyclic) bond motifs is 1. The Kier molecular flexibility index (Phi) is 3.73. The lowest BCUT2D eigenvalue weighted by atomic mass is 9.92. The zero-order chi connectivity index (χ0) is 13.9. The van der Waals surface area contributed by atoms with Crippen molar-refractivity contribution in [3.05, 3.63) is 64.7 Å². The largest absolute Gasteiger partial charge is 0.0683 e. The van der Waals surface area contributed by atoms with Crippen LogP contribution in [0, 0.1) is 0 Å². The summed E-state index contributed by atoms with van der Waals surface area (Å²) >= 11 is 0. The van der Waals surface area contributed by atoms with Crippen molar-refractivity contribution >= 4 is 6.08 Å². The van der Waals surface area contributed by atoms with E-state index in [0.717, 1.165) is 6.42 Å². The van der Waals surface area contributed by atoms with Gasteiger partial charge in [-0.2, -0.15) is 0 Å². The third kappa shape index (κ3) is 2.43. The second-order valence-electron chi connectivity index (χ2n) is 5.81. The third-order valence-corrected chi connectivity index (χ3v) is 4.16. The molecule has 1 aliphatic rings. The first-order chi connectivity index (χ1) is 9.79. The number of allylic oxidation sites excluding steroid dienone is 1. The van der Waals surface area contributed by atoms with Crippen LogP contribution in [0.5, 0.6) is 0 Å². The Hall–Kier alpha value is -1.82. The Morgan fingerprint density at radius 1 is 0.950 bits per heavy atom. The zero-order valence-corrected chi connectivity index (χ0v) is 12.4. The molecule has 2 aromatic rings. The van der Waals surface area contributed by atoms with Crippen LogP contribution < -0.4 is 0 Å². The summed E-state index contributed by atoms with van der Waals surface area (Å²) in [5.41, 5.74) is 8.70. The maximum Gasteiger partial charge on any atom is -0.00604 e. The number of unbranched alkanes of at least 4 members (excludes halogenated alkanes) is 1. The molecule has 0 heterocycles. The lowest BCUT2D eigenvalue weighted by Crippen LogP contribution is -1.93. The van der Waals surface area contributed by atoms with Gasteiger partial charge >= 0.3 is 0 Å². The molecule has 0 atom stereocenters. The minimum atomic E-state index is 1.11. The van der Waals surface area contributed by atoms with Gasteiger partial charge in [-0.1, -0.05) is 67.5 Å². The molecule has 0 saturated heterocycles. The number of hydrogen-bond acceptors (Lipinski definition) is 0. The molecule has 0 aromatic heterocycles. The van der Waals surface area contributed by atoms with Crippen LogP contribution in [-0.2, 0) is 12.8 Å². The van der Waals surface area contributed by atoms with Crippen molar-refractivity contribution in [3.8, 4) is 11.1 Å². The van der Waals surface area contributed by atoms with Crippen molar-refractivity contribution in [2.24, 2.45) is 0 Å². The summed E-state index contributed by atoms with van der Waals surface area (Å²) in [6, 6.07) is 15.6. The van der Waals surface area contributed by atoms with Crippen molar-refractivity contribution in [3.63, 3.8) is 0 Å². The molecule has 0 N–H and O–H groups in total. The summed E-state index contributed by atoms with van der Waals surface area (Å²) in [6.07, 6.45) is 7.17. The third-order valence-electron chi connectivity index (χ3n) is 4.16. The minimum absolute atomic E-state index is 1.11. The molecule has 0 saturated carbocycles. The van der Waals surface area contributed by atoms with Crippen LogP contribution in [0.1, 0.15) is 43.4 Å². The van der Waals surface area contributed by atoms with E-state index in [1.54, 1.807) is 0 Å². The summed E-state index contributed by atoms with van der Waals surface area (Å²) < 4.78 is 0. The fourth-order valence-electron chi connectivity index (χ4n) is 3.14. The van der Waals surface area contributed by atoms with Gasteiger partial charge in [0.05, 0.1) is 0 Å². The summed E-state index contributed by atoms with van der Waals surface area (Å²) in [4.78, 5) is 0. The minimum Gasteiger partial charge on any atom is -0.0683 e. The van der Waals surface area contributed by atoms with Gasteiger partial charge in [0.1, 0.15) is 0 Å². The Balaban J connectivity index is 2.09. The van der Waals surface area contributed by atoms with Crippen molar-refractivity contribution in [1.82, 2.24) is 0 Å². The second-order valence-corrected chi connectivity index (χ2v) is 5.81. The smallest absolute Gasteiger partial charge is 0.00604 e. The molecule has 0 spiro atoms. The molecule has 2 aromatic carbocycles. The van der Waals surface area contributed by atoms with Crippen molar-refractivity contribution in [2.45, 2.75) is 39.5 Å². The van der Waals surface area contributed by atoms with E-state index in [-0.39, 0.29) is 0 Å². The van der Waals surface area contributed by atoms with E-state index in [1.165, 1.54) is 52.7 Å². The molecule has 0 fully saturated rings. The van der Waals surface area contributed by atoms with Crippen LogP contribution in [0.3, 0.4) is 0 Å². The van der Waals surface area contributed by atoms with Gasteiger partial charge < -0.3 is 0 Å². The average molecular weight is 262 g/mol. The summed E-state index contributed by atoms with van der Waals surface area (Å²) in [5, 5.41) is 0. The number of hydrogen-bond donors (Lipinski definition) is 0. The molecular formula is C20H22. The van der Waals surface area contributed by atoms with Gasteiger partial charge in [-0.15, -0.1) is 0 Å². The fraction of sp³-hybridized carbons (Fsp3) is 0.300. The predicted octanol–water partition coefficient (Wildman–Crippen LogP) is 5.66. The van der Waals surface area contributed by atoms with E-state index in [0.29, 0.717) is 0 Å². The highest BCUT2D eigenvalue weighted by atomic mass is 14.2. The Morgan fingerprint density at radius 2 is 1.75 bits per heavy atom. The van der Waals surface area contributed by atoms with Gasteiger partial charge in [0.2, 0.25) is 0 Å². The highest BCUT2D eigenvalue weighted by Crippen LogP contribution is 2.35. The Morgan fingerprint density at radius 3 is 2.60 bits per heavy atom. The molecule has 20 heavy (non-hydrogen) atoms. The lowest BCUT2D eigenvalue weighted by Gasteiger charge is -2.13. The van der Waals surface area contributed by atoms with Crippen LogP contribution in [0.25, 0.3) is 17.2 Å². The van der Waals surface area contributed by atoms with Gasteiger partial charge in [0.25, 0.3) is 0 Å². The molecular weight excluding hydrogens is 240 g/mol. The van der Waals surface area contributed by atoms with E-state index in [2.05, 4.69) is 62.4 Å². The quantitative estimate of drug-likeness (QED) is 0.667. The van der Waals surface area contributed by atoms with Crippen LogP contribution >= 0.6 is 0 Å². The van der Waals surface area contributed by atoms with E-state index >= 15 is 0 Å². The van der Waals surface area contributed by atoms with Gasteiger partial charge in [-0.3, -0.25) is 0 Å². The van der Waals surface area contributed by atoms with Crippen molar-refractivity contribution in [2.75, 3.05) is 0 Å². The SMILES string of the molecule is CCCCc1ccccc1-c1cccc2c1C=C(C)C2. The molecule has 0 nitrogen and oxygen atoms in total. The van der Waals surface area contributed by atoms with E-state index < -0.39 is 0 Å².